The molecule has 0 amide bonds. The molecule has 0 aliphatic carbocycles. The van der Waals surface area contributed by atoms with Crippen molar-refractivity contribution in [2.24, 2.45) is 0 Å². The first-order chi connectivity index (χ1) is 5.83. The van der Waals surface area contributed by atoms with Crippen molar-refractivity contribution in [1.29, 1.82) is 0 Å². The Kier molecular flexibility index (Phi) is 21.4. The van der Waals surface area contributed by atoms with Crippen LogP contribution in [0.1, 0.15) is 45.4 Å². The second kappa shape index (κ2) is 17.4. The molecule has 0 aliphatic heterocycles. The lowest BCUT2D eigenvalue weighted by Gasteiger charge is -1.95. The summed E-state index contributed by atoms with van der Waals surface area (Å²) in [6, 6.07) is 0. The van der Waals surface area contributed by atoms with Crippen molar-refractivity contribution in [3.8, 4) is 0 Å². The maximum Gasteiger partial charge on any atom is 0.0351 e. The minimum Gasteiger partial charge on any atom is -0.388 e. The summed E-state index contributed by atoms with van der Waals surface area (Å²) in [5.41, 5.74) is 0. The molecule has 0 saturated carbocycles. The molecule has 76 valence electrons. The van der Waals surface area contributed by atoms with Gasteiger partial charge in [0.2, 0.25) is 0 Å². The average molecular weight is 195 g/mol. The van der Waals surface area contributed by atoms with Gasteiger partial charge in [0.25, 0.3) is 0 Å². The average Bonchev–Trinajstić information content (AvgIpc) is 2.06. The summed E-state index contributed by atoms with van der Waals surface area (Å²) in [4.78, 5) is 0. The largest absolute Gasteiger partial charge is 0.388 e. The minimum atomic E-state index is 0.839. The van der Waals surface area contributed by atoms with Gasteiger partial charge in [-0.2, -0.15) is 0 Å². The molecule has 0 atom stereocenters. The van der Waals surface area contributed by atoms with E-state index in [-0.39, 0.29) is 0 Å². The number of rotatable bonds is 6. The molecular formula is C10H23ClO. The Balaban J connectivity index is 0. The Morgan fingerprint density at radius 3 is 1.75 bits per heavy atom. The molecule has 0 bridgehead atoms. The molecule has 0 unspecified atom stereocenters. The molecule has 0 aliphatic rings. The first-order valence-electron chi connectivity index (χ1n) is 4.79. The summed E-state index contributed by atoms with van der Waals surface area (Å²) in [7, 11) is 3.25. The number of hydrogen-bond donors (Lipinski definition) is 0. The van der Waals surface area contributed by atoms with Gasteiger partial charge in [-0.05, 0) is 6.42 Å². The Bertz CT molecular complexity index is 51.8. The van der Waals surface area contributed by atoms with Crippen molar-refractivity contribution in [3.05, 3.63) is 0 Å². The minimum absolute atomic E-state index is 0.839. The first-order valence-corrected chi connectivity index (χ1v) is 5.33. The molecule has 0 N–H and O–H groups in total. The number of halogens is 1. The van der Waals surface area contributed by atoms with Crippen LogP contribution in [0.25, 0.3) is 0 Å². The van der Waals surface area contributed by atoms with Gasteiger partial charge >= 0.3 is 0 Å². The molecule has 0 spiro atoms. The summed E-state index contributed by atoms with van der Waals surface area (Å²) in [5.74, 6) is 0.839. The molecule has 0 aromatic rings. The van der Waals surface area contributed by atoms with Gasteiger partial charge in [0.1, 0.15) is 0 Å². The predicted molar refractivity (Wildman–Crippen MR) is 57.0 cm³/mol. The van der Waals surface area contributed by atoms with Gasteiger partial charge < -0.3 is 4.74 Å². The lowest BCUT2D eigenvalue weighted by molar-refractivity contribution is 0.277. The van der Waals surface area contributed by atoms with E-state index in [1.165, 1.54) is 38.5 Å². The summed E-state index contributed by atoms with van der Waals surface area (Å²) >= 11 is 5.51. The SMILES string of the molecule is CCCCCCCCCl.COC. The van der Waals surface area contributed by atoms with Gasteiger partial charge in [0.05, 0.1) is 0 Å². The number of methoxy groups -OCH3 is 1. The maximum atomic E-state index is 5.51. The van der Waals surface area contributed by atoms with Gasteiger partial charge in [0.15, 0.2) is 0 Å². The first kappa shape index (κ1) is 14.8. The van der Waals surface area contributed by atoms with E-state index in [4.69, 9.17) is 11.6 Å². The van der Waals surface area contributed by atoms with E-state index in [0.717, 1.165) is 5.88 Å². The highest BCUT2D eigenvalue weighted by Gasteiger charge is 1.86. The Morgan fingerprint density at radius 2 is 1.33 bits per heavy atom. The zero-order valence-electron chi connectivity index (χ0n) is 8.74. The van der Waals surface area contributed by atoms with E-state index in [0.29, 0.717) is 0 Å². The van der Waals surface area contributed by atoms with Gasteiger partial charge in [-0.1, -0.05) is 39.0 Å². The van der Waals surface area contributed by atoms with Crippen molar-refractivity contribution in [3.63, 3.8) is 0 Å². The van der Waals surface area contributed by atoms with Crippen LogP contribution in [0.5, 0.6) is 0 Å². The molecule has 2 heteroatoms. The van der Waals surface area contributed by atoms with E-state index < -0.39 is 0 Å². The Labute approximate surface area is 82.4 Å². The van der Waals surface area contributed by atoms with Gasteiger partial charge in [-0.25, -0.2) is 0 Å². The van der Waals surface area contributed by atoms with Crippen LogP contribution in [0, 0.1) is 0 Å². The summed E-state index contributed by atoms with van der Waals surface area (Å²) in [6.07, 6.45) is 8.02. The molecule has 0 saturated heterocycles. The third kappa shape index (κ3) is 22.5. The van der Waals surface area contributed by atoms with Crippen LogP contribution >= 0.6 is 11.6 Å². The fourth-order valence-corrected chi connectivity index (χ4v) is 1.06. The van der Waals surface area contributed by atoms with Crippen LogP contribution in [0.3, 0.4) is 0 Å². The number of hydrogen-bond acceptors (Lipinski definition) is 1. The summed E-state index contributed by atoms with van der Waals surface area (Å²) < 4.78 is 4.25. The highest BCUT2D eigenvalue weighted by molar-refractivity contribution is 6.17. The number of unbranched alkanes of at least 4 members (excludes halogenated alkanes) is 5. The van der Waals surface area contributed by atoms with Crippen molar-refractivity contribution in [2.45, 2.75) is 45.4 Å². The van der Waals surface area contributed by atoms with E-state index in [2.05, 4.69) is 11.7 Å². The molecule has 0 heterocycles. The smallest absolute Gasteiger partial charge is 0.0351 e. The highest BCUT2D eigenvalue weighted by Crippen LogP contribution is 2.04. The van der Waals surface area contributed by atoms with Crippen molar-refractivity contribution < 1.29 is 4.74 Å². The van der Waals surface area contributed by atoms with Crippen LogP contribution in [-0.2, 0) is 4.74 Å². The summed E-state index contributed by atoms with van der Waals surface area (Å²) in [5, 5.41) is 0. The standard InChI is InChI=1S/C8H17Cl.C2H6O/c1-2-3-4-5-6-7-8-9;1-3-2/h2-8H2,1H3;1-2H3. The van der Waals surface area contributed by atoms with Crippen LogP contribution in [0.4, 0.5) is 0 Å². The van der Waals surface area contributed by atoms with Crippen LogP contribution < -0.4 is 0 Å². The monoisotopic (exact) mass is 194 g/mol. The Morgan fingerprint density at radius 1 is 0.917 bits per heavy atom. The Hall–Kier alpha value is 0.250. The molecule has 0 rings (SSSR count). The molecular weight excluding hydrogens is 172 g/mol. The normalized spacial score (nSPS) is 9.00. The highest BCUT2D eigenvalue weighted by atomic mass is 35.5. The third-order valence-corrected chi connectivity index (χ3v) is 1.75. The quantitative estimate of drug-likeness (QED) is 0.461. The van der Waals surface area contributed by atoms with Gasteiger partial charge in [-0.15, -0.1) is 11.6 Å². The van der Waals surface area contributed by atoms with Crippen molar-refractivity contribution >= 4 is 11.6 Å². The van der Waals surface area contributed by atoms with Crippen LogP contribution in [0.2, 0.25) is 0 Å². The van der Waals surface area contributed by atoms with E-state index in [9.17, 15) is 0 Å². The lowest BCUT2D eigenvalue weighted by Crippen LogP contribution is -1.78. The van der Waals surface area contributed by atoms with E-state index in [1.54, 1.807) is 14.2 Å². The van der Waals surface area contributed by atoms with Gasteiger partial charge in [-0.3, -0.25) is 0 Å². The van der Waals surface area contributed by atoms with Crippen LogP contribution in [0.15, 0.2) is 0 Å². The molecule has 0 aromatic heterocycles. The molecule has 0 fully saturated rings. The lowest BCUT2D eigenvalue weighted by atomic mass is 10.1. The van der Waals surface area contributed by atoms with Crippen molar-refractivity contribution in [2.75, 3.05) is 20.1 Å². The second-order valence-corrected chi connectivity index (χ2v) is 3.24. The number of alkyl halides is 1. The topological polar surface area (TPSA) is 9.23 Å². The zero-order chi connectivity index (χ0) is 9.66. The molecule has 0 aromatic carbocycles. The fraction of sp³-hybridized carbons (Fsp3) is 1.00. The second-order valence-electron chi connectivity index (χ2n) is 2.86. The zero-order valence-corrected chi connectivity index (χ0v) is 9.49. The summed E-state index contributed by atoms with van der Waals surface area (Å²) in [6.45, 7) is 2.24. The molecule has 1 nitrogen and oxygen atoms in total. The van der Waals surface area contributed by atoms with Crippen molar-refractivity contribution in [1.82, 2.24) is 0 Å². The van der Waals surface area contributed by atoms with Gasteiger partial charge in [0, 0.05) is 20.1 Å². The predicted octanol–water partition coefficient (Wildman–Crippen LogP) is 3.85. The third-order valence-electron chi connectivity index (χ3n) is 1.49. The molecule has 12 heavy (non-hydrogen) atoms. The van der Waals surface area contributed by atoms with E-state index in [1.807, 2.05) is 0 Å². The fourth-order valence-electron chi connectivity index (χ4n) is 0.875. The van der Waals surface area contributed by atoms with E-state index >= 15 is 0 Å². The van der Waals surface area contributed by atoms with Crippen LogP contribution in [-0.4, -0.2) is 20.1 Å². The molecule has 0 radical (unpaired) electrons. The number of ether oxygens (including phenoxy) is 1. The maximum absolute atomic E-state index is 5.51.